The van der Waals surface area contributed by atoms with Gasteiger partial charge in [-0.2, -0.15) is 0 Å². The Morgan fingerprint density at radius 3 is 2.55 bits per heavy atom. The van der Waals surface area contributed by atoms with E-state index in [-0.39, 0.29) is 11.6 Å². The smallest absolute Gasteiger partial charge is 0.257 e. The van der Waals surface area contributed by atoms with Crippen molar-refractivity contribution in [3.05, 3.63) is 47.4 Å². The quantitative estimate of drug-likeness (QED) is 0.927. The van der Waals surface area contributed by atoms with Crippen LogP contribution in [0.25, 0.3) is 0 Å². The van der Waals surface area contributed by atoms with Gasteiger partial charge in [0.25, 0.3) is 10.0 Å². The van der Waals surface area contributed by atoms with E-state index >= 15 is 0 Å². The van der Waals surface area contributed by atoms with Crippen LogP contribution in [0.5, 0.6) is 0 Å². The number of sulfonamides is 1. The van der Waals surface area contributed by atoms with E-state index < -0.39 is 21.7 Å². The molecule has 0 aliphatic carbocycles. The van der Waals surface area contributed by atoms with E-state index in [0.29, 0.717) is 17.8 Å². The van der Waals surface area contributed by atoms with E-state index in [2.05, 4.69) is 4.98 Å². The first kappa shape index (κ1) is 14.6. The summed E-state index contributed by atoms with van der Waals surface area (Å²) in [4.78, 5) is 3.92. The lowest BCUT2D eigenvalue weighted by atomic mass is 10.2. The van der Waals surface area contributed by atoms with Gasteiger partial charge in [-0.3, -0.25) is 0 Å². The summed E-state index contributed by atoms with van der Waals surface area (Å²) in [7, 11) is -3.89. The molecule has 1 aromatic carbocycles. The topological polar surface area (TPSA) is 78.0 Å². The molecule has 0 aliphatic rings. The standard InChI is InChI=1S/C12H13F2N3O2S/c1-2-11-16-12(20(15,18)19)7-17(11)6-8-3-4-9(13)10(14)5-8/h3-5,7H,2,6H2,1H3,(H2,15,18,19). The molecule has 2 N–H and O–H groups in total. The molecule has 5 nitrogen and oxygen atoms in total. The van der Waals surface area contributed by atoms with Crippen LogP contribution in [0.2, 0.25) is 0 Å². The van der Waals surface area contributed by atoms with Crippen LogP contribution in [-0.4, -0.2) is 18.0 Å². The Kier molecular flexibility index (Phi) is 3.87. The molecule has 1 aromatic heterocycles. The molecular formula is C12H13F2N3O2S. The summed E-state index contributed by atoms with van der Waals surface area (Å²) < 4.78 is 50.1. The number of rotatable bonds is 4. The average Bonchev–Trinajstić information content (AvgIpc) is 2.77. The number of hydrogen-bond acceptors (Lipinski definition) is 3. The second-order valence-electron chi connectivity index (χ2n) is 4.27. The van der Waals surface area contributed by atoms with Gasteiger partial charge in [-0.1, -0.05) is 13.0 Å². The lowest BCUT2D eigenvalue weighted by Crippen LogP contribution is -2.12. The number of aryl methyl sites for hydroxylation is 1. The molecule has 0 amide bonds. The minimum atomic E-state index is -3.89. The molecule has 0 bridgehead atoms. The summed E-state index contributed by atoms with van der Waals surface area (Å²) in [6, 6.07) is 3.51. The number of nitrogens with two attached hydrogens (primary N) is 1. The summed E-state index contributed by atoms with van der Waals surface area (Å²) in [5, 5.41) is 4.78. The van der Waals surface area contributed by atoms with E-state index in [1.54, 1.807) is 11.5 Å². The van der Waals surface area contributed by atoms with E-state index in [0.717, 1.165) is 12.1 Å². The van der Waals surface area contributed by atoms with E-state index in [1.807, 2.05) is 0 Å². The van der Waals surface area contributed by atoms with Gasteiger partial charge in [0, 0.05) is 19.2 Å². The van der Waals surface area contributed by atoms with Gasteiger partial charge in [0.15, 0.2) is 16.7 Å². The number of imidazole rings is 1. The second-order valence-corrected chi connectivity index (χ2v) is 5.78. The Hall–Kier alpha value is -1.80. The van der Waals surface area contributed by atoms with Crippen LogP contribution in [0.4, 0.5) is 8.78 Å². The molecule has 0 saturated heterocycles. The summed E-state index contributed by atoms with van der Waals surface area (Å²) in [5.74, 6) is -1.38. The zero-order valence-electron chi connectivity index (χ0n) is 10.7. The van der Waals surface area contributed by atoms with Gasteiger partial charge in [-0.25, -0.2) is 27.3 Å². The van der Waals surface area contributed by atoms with Crippen LogP contribution >= 0.6 is 0 Å². The Bertz CT molecular complexity index is 741. The van der Waals surface area contributed by atoms with E-state index in [4.69, 9.17) is 5.14 Å². The third-order valence-corrected chi connectivity index (χ3v) is 3.56. The van der Waals surface area contributed by atoms with Crippen LogP contribution in [-0.2, 0) is 23.0 Å². The maximum absolute atomic E-state index is 13.1. The monoisotopic (exact) mass is 301 g/mol. The molecule has 2 aromatic rings. The fourth-order valence-electron chi connectivity index (χ4n) is 1.82. The van der Waals surface area contributed by atoms with Crippen molar-refractivity contribution in [2.45, 2.75) is 24.9 Å². The highest BCUT2D eigenvalue weighted by Crippen LogP contribution is 2.14. The maximum atomic E-state index is 13.1. The molecular weight excluding hydrogens is 288 g/mol. The van der Waals surface area contributed by atoms with Crippen molar-refractivity contribution in [3.63, 3.8) is 0 Å². The number of benzene rings is 1. The minimum absolute atomic E-state index is 0.183. The molecule has 0 radical (unpaired) electrons. The highest BCUT2D eigenvalue weighted by atomic mass is 32.2. The van der Waals surface area contributed by atoms with Crippen molar-refractivity contribution in [3.8, 4) is 0 Å². The van der Waals surface area contributed by atoms with Gasteiger partial charge in [0.05, 0.1) is 0 Å². The van der Waals surface area contributed by atoms with Crippen molar-refractivity contribution in [1.82, 2.24) is 9.55 Å². The van der Waals surface area contributed by atoms with Gasteiger partial charge >= 0.3 is 0 Å². The normalized spacial score (nSPS) is 11.8. The zero-order chi connectivity index (χ0) is 14.9. The largest absolute Gasteiger partial charge is 0.329 e. The van der Waals surface area contributed by atoms with Gasteiger partial charge in [-0.05, 0) is 17.7 Å². The first-order valence-corrected chi connectivity index (χ1v) is 7.38. The summed E-state index contributed by atoms with van der Waals surface area (Å²) in [6.45, 7) is 1.99. The summed E-state index contributed by atoms with van der Waals surface area (Å²) >= 11 is 0. The fraction of sp³-hybridized carbons (Fsp3) is 0.250. The van der Waals surface area contributed by atoms with Crippen molar-refractivity contribution >= 4 is 10.0 Å². The highest BCUT2D eigenvalue weighted by molar-refractivity contribution is 7.89. The lowest BCUT2D eigenvalue weighted by Gasteiger charge is -2.06. The Morgan fingerprint density at radius 1 is 1.30 bits per heavy atom. The maximum Gasteiger partial charge on any atom is 0.257 e. The highest BCUT2D eigenvalue weighted by Gasteiger charge is 2.16. The van der Waals surface area contributed by atoms with Gasteiger partial charge < -0.3 is 4.57 Å². The summed E-state index contributed by atoms with van der Waals surface area (Å²) in [5.41, 5.74) is 0.497. The van der Waals surface area contributed by atoms with Crippen molar-refractivity contribution < 1.29 is 17.2 Å². The molecule has 8 heteroatoms. The number of halogens is 2. The molecule has 20 heavy (non-hydrogen) atoms. The number of primary sulfonamides is 1. The molecule has 108 valence electrons. The number of aromatic nitrogens is 2. The molecule has 0 fully saturated rings. The molecule has 0 aliphatic heterocycles. The molecule has 2 rings (SSSR count). The van der Waals surface area contributed by atoms with Crippen molar-refractivity contribution in [2.24, 2.45) is 5.14 Å². The average molecular weight is 301 g/mol. The Balaban J connectivity index is 2.37. The SMILES string of the molecule is CCc1nc(S(N)(=O)=O)cn1Cc1ccc(F)c(F)c1. The van der Waals surface area contributed by atoms with Crippen LogP contribution in [0, 0.1) is 11.6 Å². The predicted molar refractivity (Wildman–Crippen MR) is 68.4 cm³/mol. The van der Waals surface area contributed by atoms with Gasteiger partial charge in [-0.15, -0.1) is 0 Å². The van der Waals surface area contributed by atoms with E-state index in [9.17, 15) is 17.2 Å². The molecule has 0 saturated carbocycles. The molecule has 0 unspecified atom stereocenters. The Labute approximate surface area is 115 Å². The number of hydrogen-bond donors (Lipinski definition) is 1. The first-order chi connectivity index (χ1) is 9.31. The predicted octanol–water partition coefficient (Wildman–Crippen LogP) is 1.42. The van der Waals surface area contributed by atoms with Crippen molar-refractivity contribution in [1.29, 1.82) is 0 Å². The van der Waals surface area contributed by atoms with E-state index in [1.165, 1.54) is 12.3 Å². The third kappa shape index (κ3) is 3.02. The lowest BCUT2D eigenvalue weighted by molar-refractivity contribution is 0.506. The zero-order valence-corrected chi connectivity index (χ0v) is 11.5. The van der Waals surface area contributed by atoms with Crippen LogP contribution in [0.15, 0.2) is 29.4 Å². The second kappa shape index (κ2) is 5.29. The van der Waals surface area contributed by atoms with Gasteiger partial charge in [0.2, 0.25) is 0 Å². The first-order valence-electron chi connectivity index (χ1n) is 5.84. The van der Waals surface area contributed by atoms with Crippen LogP contribution < -0.4 is 5.14 Å². The molecule has 0 atom stereocenters. The molecule has 1 heterocycles. The Morgan fingerprint density at radius 2 is 2.00 bits per heavy atom. The molecule has 0 spiro atoms. The third-order valence-electron chi connectivity index (χ3n) is 2.78. The van der Waals surface area contributed by atoms with Crippen molar-refractivity contribution in [2.75, 3.05) is 0 Å². The number of nitrogens with zero attached hydrogens (tertiary/aromatic N) is 2. The fourth-order valence-corrected chi connectivity index (χ4v) is 2.33. The van der Waals surface area contributed by atoms with Crippen LogP contribution in [0.3, 0.4) is 0 Å². The van der Waals surface area contributed by atoms with Crippen LogP contribution in [0.1, 0.15) is 18.3 Å². The summed E-state index contributed by atoms with van der Waals surface area (Å²) in [6.07, 6.45) is 1.77. The van der Waals surface area contributed by atoms with Gasteiger partial charge in [0.1, 0.15) is 5.82 Å². The minimum Gasteiger partial charge on any atom is -0.329 e.